The van der Waals surface area contributed by atoms with Crippen molar-refractivity contribution in [2.24, 2.45) is 16.8 Å². The van der Waals surface area contributed by atoms with Crippen LogP contribution < -0.4 is 10.6 Å². The number of hydrogen-bond acceptors (Lipinski definition) is 3. The van der Waals surface area contributed by atoms with Crippen LogP contribution >= 0.6 is 24.0 Å². The zero-order valence-corrected chi connectivity index (χ0v) is 22.3. The van der Waals surface area contributed by atoms with Gasteiger partial charge in [0.15, 0.2) is 5.96 Å². The quantitative estimate of drug-likeness (QED) is 0.285. The van der Waals surface area contributed by atoms with E-state index < -0.39 is 0 Å². The summed E-state index contributed by atoms with van der Waals surface area (Å²) < 4.78 is 0. The van der Waals surface area contributed by atoms with E-state index in [9.17, 15) is 4.79 Å². The number of guanidine groups is 1. The molecule has 0 spiro atoms. The zero-order chi connectivity index (χ0) is 21.9. The van der Waals surface area contributed by atoms with Gasteiger partial charge in [0, 0.05) is 52.4 Å². The molecule has 0 bridgehead atoms. The van der Waals surface area contributed by atoms with E-state index in [2.05, 4.69) is 42.4 Å². The number of nitrogens with one attached hydrogen (secondary N) is 2. The Morgan fingerprint density at radius 3 is 2.74 bits per heavy atom. The Morgan fingerprint density at radius 1 is 1.29 bits per heavy atom. The molecule has 0 aromatic heterocycles. The molecule has 6 nitrogen and oxygen atoms in total. The van der Waals surface area contributed by atoms with Crippen molar-refractivity contribution in [2.75, 3.05) is 53.4 Å². The summed E-state index contributed by atoms with van der Waals surface area (Å²) >= 11 is 0. The minimum Gasteiger partial charge on any atom is -0.357 e. The van der Waals surface area contributed by atoms with Crippen molar-refractivity contribution < 1.29 is 4.79 Å². The molecule has 1 aromatic carbocycles. The van der Waals surface area contributed by atoms with Gasteiger partial charge in [0.1, 0.15) is 0 Å². The molecule has 1 amide bonds. The Balaban J connectivity index is 0.00000480. The van der Waals surface area contributed by atoms with E-state index in [1.807, 2.05) is 18.2 Å². The maximum absolute atomic E-state index is 12.2. The third-order valence-electron chi connectivity index (χ3n) is 5.36. The van der Waals surface area contributed by atoms with Gasteiger partial charge in [0.05, 0.1) is 0 Å². The van der Waals surface area contributed by atoms with Crippen molar-refractivity contribution >= 4 is 35.8 Å². The monoisotopic (exact) mass is 543 g/mol. The Hall–Kier alpha value is -1.35. The van der Waals surface area contributed by atoms with Gasteiger partial charge in [-0.25, -0.2) is 0 Å². The fourth-order valence-corrected chi connectivity index (χ4v) is 3.99. The third-order valence-corrected chi connectivity index (χ3v) is 5.36. The van der Waals surface area contributed by atoms with Crippen molar-refractivity contribution in [2.45, 2.75) is 40.0 Å². The number of likely N-dealkylation sites (tertiary alicyclic amines) is 1. The minimum absolute atomic E-state index is 0. The summed E-state index contributed by atoms with van der Waals surface area (Å²) in [7, 11) is 3.56. The van der Waals surface area contributed by atoms with Gasteiger partial charge < -0.3 is 20.4 Å². The number of nitrogens with zero attached hydrogens (tertiary/aromatic N) is 3. The number of carbonyl (C=O) groups is 1. The number of carbonyl (C=O) groups excluding carboxylic acids is 1. The van der Waals surface area contributed by atoms with Crippen LogP contribution in [-0.2, 0) is 6.42 Å². The molecule has 0 saturated carbocycles. The number of amides is 1. The minimum atomic E-state index is 0. The van der Waals surface area contributed by atoms with E-state index in [0.29, 0.717) is 5.92 Å². The summed E-state index contributed by atoms with van der Waals surface area (Å²) in [4.78, 5) is 21.2. The molecule has 1 aromatic rings. The van der Waals surface area contributed by atoms with E-state index in [4.69, 9.17) is 4.99 Å². The van der Waals surface area contributed by atoms with Gasteiger partial charge in [-0.05, 0) is 62.3 Å². The van der Waals surface area contributed by atoms with Crippen molar-refractivity contribution in [3.63, 3.8) is 0 Å². The second-order valence-electron chi connectivity index (χ2n) is 8.96. The van der Waals surface area contributed by atoms with E-state index in [1.165, 1.54) is 25.9 Å². The molecule has 176 valence electrons. The highest BCUT2D eigenvalue weighted by Gasteiger charge is 2.20. The van der Waals surface area contributed by atoms with Crippen molar-refractivity contribution in [3.8, 4) is 0 Å². The van der Waals surface area contributed by atoms with Gasteiger partial charge in [0.2, 0.25) is 0 Å². The fraction of sp³-hybridized carbons (Fsp3) is 0.667. The molecule has 2 rings (SSSR count). The molecule has 1 heterocycles. The Bertz CT molecular complexity index is 692. The maximum Gasteiger partial charge on any atom is 0.253 e. The van der Waals surface area contributed by atoms with Gasteiger partial charge in [-0.3, -0.25) is 9.79 Å². The van der Waals surface area contributed by atoms with Crippen LogP contribution in [0.1, 0.15) is 49.5 Å². The van der Waals surface area contributed by atoms with Crippen LogP contribution in [0.25, 0.3) is 0 Å². The number of rotatable bonds is 9. The predicted octanol–water partition coefficient (Wildman–Crippen LogP) is 3.47. The lowest BCUT2D eigenvalue weighted by molar-refractivity contribution is 0.0827. The van der Waals surface area contributed by atoms with Crippen LogP contribution in [0.2, 0.25) is 0 Å². The molecule has 1 aliphatic heterocycles. The fourth-order valence-electron chi connectivity index (χ4n) is 3.99. The van der Waals surface area contributed by atoms with Crippen LogP contribution in [0.5, 0.6) is 0 Å². The molecule has 2 N–H and O–H groups in total. The van der Waals surface area contributed by atoms with Crippen LogP contribution in [0, 0.1) is 11.8 Å². The molecule has 1 aliphatic rings. The van der Waals surface area contributed by atoms with Gasteiger partial charge in [-0.2, -0.15) is 0 Å². The average molecular weight is 544 g/mol. The Kier molecular flexibility index (Phi) is 13.1. The van der Waals surface area contributed by atoms with E-state index in [-0.39, 0.29) is 29.9 Å². The predicted molar refractivity (Wildman–Crippen MR) is 142 cm³/mol. The first kappa shape index (κ1) is 27.7. The molecular weight excluding hydrogens is 501 g/mol. The lowest BCUT2D eigenvalue weighted by atomic mass is 9.97. The lowest BCUT2D eigenvalue weighted by Gasteiger charge is -2.33. The Labute approximate surface area is 206 Å². The topological polar surface area (TPSA) is 60.0 Å². The van der Waals surface area contributed by atoms with Gasteiger partial charge in [-0.15, -0.1) is 24.0 Å². The summed E-state index contributed by atoms with van der Waals surface area (Å²) in [6, 6.07) is 7.89. The zero-order valence-electron chi connectivity index (χ0n) is 20.0. The first-order valence-electron chi connectivity index (χ1n) is 11.4. The first-order valence-corrected chi connectivity index (χ1v) is 11.4. The van der Waals surface area contributed by atoms with Gasteiger partial charge in [-0.1, -0.05) is 26.0 Å². The molecular formula is C24H42IN5O. The molecule has 1 saturated heterocycles. The van der Waals surface area contributed by atoms with E-state index in [0.717, 1.165) is 55.6 Å². The molecule has 31 heavy (non-hydrogen) atoms. The van der Waals surface area contributed by atoms with Crippen LogP contribution in [0.15, 0.2) is 29.3 Å². The third kappa shape index (κ3) is 10.2. The number of hydrogen-bond donors (Lipinski definition) is 2. The largest absolute Gasteiger partial charge is 0.357 e. The standard InChI is InChI=1S/C24H41N5O.HI/c1-6-25-24(27-16-21-10-8-14-29(18-21)17-19(2)3)26-13-12-20-9-7-11-22(15-20)23(30)28(4)5;/h7,9,11,15,19,21H,6,8,10,12-14,16-18H2,1-5H3,(H2,25,26,27);1H. The smallest absolute Gasteiger partial charge is 0.253 e. The highest BCUT2D eigenvalue weighted by Crippen LogP contribution is 2.17. The molecule has 0 aliphatic carbocycles. The summed E-state index contributed by atoms with van der Waals surface area (Å²) in [5.41, 5.74) is 1.89. The molecule has 1 fully saturated rings. The van der Waals surface area contributed by atoms with Gasteiger partial charge >= 0.3 is 0 Å². The van der Waals surface area contributed by atoms with E-state index >= 15 is 0 Å². The average Bonchev–Trinajstić information content (AvgIpc) is 2.71. The maximum atomic E-state index is 12.2. The van der Waals surface area contributed by atoms with Crippen molar-refractivity contribution in [3.05, 3.63) is 35.4 Å². The molecule has 1 unspecified atom stereocenters. The highest BCUT2D eigenvalue weighted by atomic mass is 127. The van der Waals surface area contributed by atoms with Crippen molar-refractivity contribution in [1.82, 2.24) is 20.4 Å². The lowest BCUT2D eigenvalue weighted by Crippen LogP contribution is -2.41. The van der Waals surface area contributed by atoms with Crippen molar-refractivity contribution in [1.29, 1.82) is 0 Å². The Morgan fingerprint density at radius 2 is 2.06 bits per heavy atom. The second-order valence-corrected chi connectivity index (χ2v) is 8.96. The molecule has 0 radical (unpaired) electrons. The summed E-state index contributed by atoms with van der Waals surface area (Å²) in [6.07, 6.45) is 3.40. The number of piperidine rings is 1. The summed E-state index contributed by atoms with van der Waals surface area (Å²) in [6.45, 7) is 12.8. The van der Waals surface area contributed by atoms with Crippen LogP contribution in [-0.4, -0.2) is 75.0 Å². The first-order chi connectivity index (χ1) is 14.4. The number of benzene rings is 1. The van der Waals surface area contributed by atoms with E-state index in [1.54, 1.807) is 19.0 Å². The number of halogens is 1. The molecule has 7 heteroatoms. The molecule has 1 atom stereocenters. The number of aliphatic imine (C=N–C) groups is 1. The normalized spacial score (nSPS) is 17.2. The second kappa shape index (κ2) is 14.7. The SMILES string of the molecule is CCNC(=NCC1CCCN(CC(C)C)C1)NCCc1cccc(C(=O)N(C)C)c1.I. The highest BCUT2D eigenvalue weighted by molar-refractivity contribution is 14.0. The summed E-state index contributed by atoms with van der Waals surface area (Å²) in [5.74, 6) is 2.29. The van der Waals surface area contributed by atoms with Gasteiger partial charge in [0.25, 0.3) is 5.91 Å². The summed E-state index contributed by atoms with van der Waals surface area (Å²) in [5, 5.41) is 6.81. The van der Waals surface area contributed by atoms with Crippen LogP contribution in [0.3, 0.4) is 0 Å². The van der Waals surface area contributed by atoms with Crippen LogP contribution in [0.4, 0.5) is 0 Å².